The van der Waals surface area contributed by atoms with Crippen LogP contribution in [0.15, 0.2) is 42.5 Å². The predicted octanol–water partition coefficient (Wildman–Crippen LogP) is 2.99. The molecule has 0 unspecified atom stereocenters. The molecule has 0 radical (unpaired) electrons. The number of ether oxygens (including phenoxy) is 1. The largest absolute Gasteiger partial charge is 0.493 e. The normalized spacial score (nSPS) is 12.9. The topological polar surface area (TPSA) is 46.5 Å². The lowest BCUT2D eigenvalue weighted by Gasteiger charge is -2.07. The minimum Gasteiger partial charge on any atom is -0.493 e. The van der Waals surface area contributed by atoms with Crippen LogP contribution in [0.3, 0.4) is 0 Å². The molecule has 1 N–H and O–H groups in total. The van der Waals surface area contributed by atoms with Gasteiger partial charge in [0.1, 0.15) is 5.75 Å². The molecule has 0 aliphatic carbocycles. The molecule has 18 heavy (non-hydrogen) atoms. The SMILES string of the molecule is O=C(O)c1ccccc1-c1ccc2c(c1)CCO2. The average Bonchev–Trinajstić information content (AvgIpc) is 2.85. The van der Waals surface area contributed by atoms with E-state index in [1.165, 1.54) is 0 Å². The summed E-state index contributed by atoms with van der Waals surface area (Å²) in [6.07, 6.45) is 0.887. The first-order valence-corrected chi connectivity index (χ1v) is 5.84. The Bertz CT molecular complexity index is 617. The molecule has 3 heteroatoms. The molecule has 0 atom stereocenters. The fourth-order valence-electron chi connectivity index (χ4n) is 2.28. The molecular weight excluding hydrogens is 228 g/mol. The maximum Gasteiger partial charge on any atom is 0.336 e. The Balaban J connectivity index is 2.13. The fraction of sp³-hybridized carbons (Fsp3) is 0.133. The number of carboxylic acid groups (broad SMARTS) is 1. The van der Waals surface area contributed by atoms with Crippen LogP contribution in [-0.2, 0) is 6.42 Å². The summed E-state index contributed by atoms with van der Waals surface area (Å²) in [5.41, 5.74) is 3.15. The highest BCUT2D eigenvalue weighted by molar-refractivity contribution is 5.96. The second-order valence-electron chi connectivity index (χ2n) is 4.27. The van der Waals surface area contributed by atoms with Gasteiger partial charge in [-0.25, -0.2) is 4.79 Å². The van der Waals surface area contributed by atoms with E-state index in [0.717, 1.165) is 28.9 Å². The zero-order valence-corrected chi connectivity index (χ0v) is 9.72. The lowest BCUT2D eigenvalue weighted by molar-refractivity contribution is 0.0697. The van der Waals surface area contributed by atoms with Crippen LogP contribution in [0.1, 0.15) is 15.9 Å². The Morgan fingerprint density at radius 2 is 2.00 bits per heavy atom. The van der Waals surface area contributed by atoms with Gasteiger partial charge < -0.3 is 9.84 Å². The van der Waals surface area contributed by atoms with Gasteiger partial charge in [-0.3, -0.25) is 0 Å². The number of fused-ring (bicyclic) bond motifs is 1. The van der Waals surface area contributed by atoms with Crippen molar-refractivity contribution in [2.24, 2.45) is 0 Å². The lowest BCUT2D eigenvalue weighted by atomic mass is 9.97. The molecule has 3 nitrogen and oxygen atoms in total. The van der Waals surface area contributed by atoms with Gasteiger partial charge >= 0.3 is 5.97 Å². The van der Waals surface area contributed by atoms with E-state index >= 15 is 0 Å². The summed E-state index contributed by atoms with van der Waals surface area (Å²) in [5, 5.41) is 9.20. The standard InChI is InChI=1S/C15H12O3/c16-15(17)13-4-2-1-3-12(13)10-5-6-14-11(9-10)7-8-18-14/h1-6,9H,7-8H2,(H,16,17). The first kappa shape index (κ1) is 10.8. The summed E-state index contributed by atoms with van der Waals surface area (Å²) >= 11 is 0. The van der Waals surface area contributed by atoms with E-state index in [9.17, 15) is 9.90 Å². The third kappa shape index (κ3) is 1.74. The van der Waals surface area contributed by atoms with E-state index in [1.54, 1.807) is 12.1 Å². The van der Waals surface area contributed by atoms with E-state index in [-0.39, 0.29) is 0 Å². The number of hydrogen-bond donors (Lipinski definition) is 1. The number of aromatic carboxylic acids is 1. The van der Waals surface area contributed by atoms with Gasteiger partial charge in [0.2, 0.25) is 0 Å². The first-order chi connectivity index (χ1) is 8.75. The van der Waals surface area contributed by atoms with Crippen LogP contribution in [0, 0.1) is 0 Å². The number of benzene rings is 2. The van der Waals surface area contributed by atoms with Crippen molar-refractivity contribution >= 4 is 5.97 Å². The summed E-state index contributed by atoms with van der Waals surface area (Å²) in [6, 6.07) is 12.9. The zero-order valence-electron chi connectivity index (χ0n) is 9.72. The van der Waals surface area contributed by atoms with Crippen molar-refractivity contribution < 1.29 is 14.6 Å². The number of hydrogen-bond acceptors (Lipinski definition) is 2. The highest BCUT2D eigenvalue weighted by atomic mass is 16.5. The molecule has 1 aliphatic rings. The number of rotatable bonds is 2. The van der Waals surface area contributed by atoms with Crippen molar-refractivity contribution in [3.05, 3.63) is 53.6 Å². The van der Waals surface area contributed by atoms with E-state index < -0.39 is 5.97 Å². The second-order valence-corrected chi connectivity index (χ2v) is 4.27. The Hall–Kier alpha value is -2.29. The van der Waals surface area contributed by atoms with Gasteiger partial charge in [0, 0.05) is 6.42 Å². The van der Waals surface area contributed by atoms with Crippen LogP contribution >= 0.6 is 0 Å². The average molecular weight is 240 g/mol. The molecule has 0 bridgehead atoms. The number of carboxylic acids is 1. The number of carbonyl (C=O) groups is 1. The molecule has 0 saturated carbocycles. The Labute approximate surface area is 105 Å². The summed E-state index contributed by atoms with van der Waals surface area (Å²) < 4.78 is 5.45. The van der Waals surface area contributed by atoms with Gasteiger partial charge in [0.15, 0.2) is 0 Å². The van der Waals surface area contributed by atoms with Crippen molar-refractivity contribution in [3.8, 4) is 16.9 Å². The van der Waals surface area contributed by atoms with Crippen LogP contribution in [0.25, 0.3) is 11.1 Å². The third-order valence-corrected chi connectivity index (χ3v) is 3.16. The quantitative estimate of drug-likeness (QED) is 0.877. The van der Waals surface area contributed by atoms with Crippen molar-refractivity contribution in [1.82, 2.24) is 0 Å². The summed E-state index contributed by atoms with van der Waals surface area (Å²) in [6.45, 7) is 0.708. The maximum absolute atomic E-state index is 11.2. The molecular formula is C15H12O3. The molecule has 0 aromatic heterocycles. The van der Waals surface area contributed by atoms with Crippen molar-refractivity contribution in [1.29, 1.82) is 0 Å². The summed E-state index contributed by atoms with van der Waals surface area (Å²) in [4.78, 5) is 11.2. The molecule has 90 valence electrons. The Morgan fingerprint density at radius 3 is 2.83 bits per heavy atom. The van der Waals surface area contributed by atoms with Gasteiger partial charge in [-0.15, -0.1) is 0 Å². The van der Waals surface area contributed by atoms with Crippen LogP contribution in [0.4, 0.5) is 0 Å². The molecule has 3 rings (SSSR count). The maximum atomic E-state index is 11.2. The lowest BCUT2D eigenvalue weighted by Crippen LogP contribution is -1.99. The smallest absolute Gasteiger partial charge is 0.336 e. The Morgan fingerprint density at radius 1 is 1.17 bits per heavy atom. The molecule has 2 aromatic rings. The third-order valence-electron chi connectivity index (χ3n) is 3.16. The van der Waals surface area contributed by atoms with Crippen LogP contribution in [0.5, 0.6) is 5.75 Å². The summed E-state index contributed by atoms with van der Waals surface area (Å²) in [7, 11) is 0. The molecule has 0 saturated heterocycles. The van der Waals surface area contributed by atoms with E-state index in [0.29, 0.717) is 12.2 Å². The van der Waals surface area contributed by atoms with Crippen molar-refractivity contribution in [2.45, 2.75) is 6.42 Å². The van der Waals surface area contributed by atoms with E-state index in [4.69, 9.17) is 4.74 Å². The van der Waals surface area contributed by atoms with Gasteiger partial charge in [-0.2, -0.15) is 0 Å². The second kappa shape index (κ2) is 4.18. The molecule has 1 aliphatic heterocycles. The predicted molar refractivity (Wildman–Crippen MR) is 68.0 cm³/mol. The van der Waals surface area contributed by atoms with Crippen LogP contribution in [-0.4, -0.2) is 17.7 Å². The summed E-state index contributed by atoms with van der Waals surface area (Å²) in [5.74, 6) is 0.00824. The van der Waals surface area contributed by atoms with Gasteiger partial charge in [-0.05, 0) is 34.9 Å². The zero-order chi connectivity index (χ0) is 12.5. The molecule has 0 fully saturated rings. The van der Waals surface area contributed by atoms with Crippen molar-refractivity contribution in [3.63, 3.8) is 0 Å². The highest BCUT2D eigenvalue weighted by Gasteiger charge is 2.15. The molecule has 1 heterocycles. The van der Waals surface area contributed by atoms with Crippen LogP contribution < -0.4 is 4.74 Å². The minimum absolute atomic E-state index is 0.330. The van der Waals surface area contributed by atoms with E-state index in [1.807, 2.05) is 30.3 Å². The van der Waals surface area contributed by atoms with Gasteiger partial charge in [0.05, 0.1) is 12.2 Å². The molecule has 0 amide bonds. The Kier molecular flexibility index (Phi) is 2.52. The van der Waals surface area contributed by atoms with Crippen LogP contribution in [0.2, 0.25) is 0 Å². The monoisotopic (exact) mass is 240 g/mol. The first-order valence-electron chi connectivity index (χ1n) is 5.84. The highest BCUT2D eigenvalue weighted by Crippen LogP contribution is 2.31. The van der Waals surface area contributed by atoms with Gasteiger partial charge in [-0.1, -0.05) is 24.3 Å². The van der Waals surface area contributed by atoms with Gasteiger partial charge in [0.25, 0.3) is 0 Å². The fourth-order valence-corrected chi connectivity index (χ4v) is 2.28. The molecule has 0 spiro atoms. The van der Waals surface area contributed by atoms with Crippen molar-refractivity contribution in [2.75, 3.05) is 6.61 Å². The minimum atomic E-state index is -0.901. The molecule has 2 aromatic carbocycles. The van der Waals surface area contributed by atoms with E-state index in [2.05, 4.69) is 0 Å².